The van der Waals surface area contributed by atoms with E-state index in [0.29, 0.717) is 0 Å². The predicted molar refractivity (Wildman–Crippen MR) is 105 cm³/mol. The third-order valence-electron chi connectivity index (χ3n) is 4.39. The normalized spacial score (nSPS) is 12.7. The van der Waals surface area contributed by atoms with Crippen LogP contribution in [0, 0.1) is 0 Å². The van der Waals surface area contributed by atoms with Crippen LogP contribution in [0.1, 0.15) is 22.3 Å². The molecular weight excluding hydrogens is 348 g/mol. The van der Waals surface area contributed by atoms with E-state index in [2.05, 4.69) is 36.4 Å². The molecule has 2 heterocycles. The molecule has 3 aromatic carbocycles. The maximum Gasteiger partial charge on any atom is 0.142 e. The lowest BCUT2D eigenvalue weighted by atomic mass is 10.0. The minimum absolute atomic E-state index is 0.771. The fourth-order valence-electron chi connectivity index (χ4n) is 3.16. The molecule has 5 heteroatoms. The van der Waals surface area contributed by atoms with Crippen LogP contribution in [0.3, 0.4) is 0 Å². The van der Waals surface area contributed by atoms with Gasteiger partial charge in [-0.3, -0.25) is 10.3 Å². The van der Waals surface area contributed by atoms with E-state index in [4.69, 9.17) is 15.0 Å². The molecule has 0 aliphatic carbocycles. The lowest BCUT2D eigenvalue weighted by Crippen LogP contribution is -1.98. The molecule has 2 aliphatic rings. The zero-order chi connectivity index (χ0) is 17.2. The monoisotopic (exact) mass is 366 g/mol. The van der Waals surface area contributed by atoms with Crippen LogP contribution < -0.4 is 15.0 Å². The van der Waals surface area contributed by atoms with Gasteiger partial charge in [-0.1, -0.05) is 48.5 Å². The minimum Gasteiger partial charge on any atom is -0.455 e. The van der Waals surface area contributed by atoms with Crippen molar-refractivity contribution >= 4 is 23.9 Å². The second-order valence-electron chi connectivity index (χ2n) is 6.00. The summed E-state index contributed by atoms with van der Waals surface area (Å²) in [6.45, 7) is 0. The van der Waals surface area contributed by atoms with Crippen molar-refractivity contribution in [1.29, 1.82) is 0 Å². The Labute approximate surface area is 156 Å². The van der Waals surface area contributed by atoms with Crippen molar-refractivity contribution in [3.63, 3.8) is 0 Å². The van der Waals surface area contributed by atoms with Crippen molar-refractivity contribution in [3.8, 4) is 11.5 Å². The van der Waals surface area contributed by atoms with Gasteiger partial charge in [0.25, 0.3) is 0 Å². The van der Waals surface area contributed by atoms with E-state index in [-0.39, 0.29) is 0 Å². The quantitative estimate of drug-likeness (QED) is 0.494. The van der Waals surface area contributed by atoms with Crippen LogP contribution in [0.15, 0.2) is 70.5 Å². The topological polar surface area (TPSA) is 61.3 Å². The Bertz CT molecular complexity index is 836. The van der Waals surface area contributed by atoms with Crippen molar-refractivity contribution < 1.29 is 4.74 Å². The molecule has 0 spiro atoms. The summed E-state index contributed by atoms with van der Waals surface area (Å²) in [6, 6.07) is 20.9. The Morgan fingerprint density at radius 3 is 1.48 bits per heavy atom. The Kier molecular flexibility index (Phi) is 4.72. The molecule has 2 aliphatic heterocycles. The molecule has 0 saturated heterocycles. The summed E-state index contributed by atoms with van der Waals surface area (Å²) in [7, 11) is 0. The summed E-state index contributed by atoms with van der Waals surface area (Å²) in [4.78, 5) is 1.92. The molecule has 5 rings (SSSR count). The first-order chi connectivity index (χ1) is 12.3. The van der Waals surface area contributed by atoms with Gasteiger partial charge in [0.15, 0.2) is 0 Å². The first-order valence-electron chi connectivity index (χ1n) is 8.01. The highest BCUT2D eigenvalue weighted by atomic mass is 32.2. The van der Waals surface area contributed by atoms with Crippen molar-refractivity contribution in [2.75, 3.05) is 0 Å². The van der Waals surface area contributed by atoms with Crippen LogP contribution in [0.25, 0.3) is 0 Å². The van der Waals surface area contributed by atoms with Gasteiger partial charge in [0.2, 0.25) is 0 Å². The smallest absolute Gasteiger partial charge is 0.142 e. The highest BCUT2D eigenvalue weighted by molar-refractivity contribution is 7.97. The van der Waals surface area contributed by atoms with Gasteiger partial charge in [-0.25, -0.2) is 0 Å². The second kappa shape index (κ2) is 7.14. The van der Waals surface area contributed by atoms with Gasteiger partial charge < -0.3 is 4.74 Å². The van der Waals surface area contributed by atoms with E-state index in [9.17, 15) is 0 Å². The zero-order valence-corrected chi connectivity index (χ0v) is 15.2. The summed E-state index contributed by atoms with van der Waals surface area (Å²) < 4.78 is 6.25. The van der Waals surface area contributed by atoms with E-state index < -0.39 is 0 Å². The molecule has 0 unspecified atom stereocenters. The molecule has 4 N–H and O–H groups in total. The molecule has 0 amide bonds. The number of benzene rings is 3. The summed E-state index contributed by atoms with van der Waals surface area (Å²) in [6.07, 6.45) is 1.65. The van der Waals surface area contributed by atoms with Gasteiger partial charge in [-0.05, 0) is 71.1 Å². The SMILES string of the molecule is NSc1c2cccc1Oc1cccc(c1SN)Cc1ccc(cc1)C2. The lowest BCUT2D eigenvalue weighted by molar-refractivity contribution is 0.458. The van der Waals surface area contributed by atoms with Crippen LogP contribution in [0.5, 0.6) is 11.5 Å². The van der Waals surface area contributed by atoms with Gasteiger partial charge in [-0.15, -0.1) is 0 Å². The van der Waals surface area contributed by atoms with Crippen molar-refractivity contribution in [1.82, 2.24) is 0 Å². The van der Waals surface area contributed by atoms with Crippen LogP contribution in [-0.4, -0.2) is 0 Å². The average molecular weight is 367 g/mol. The summed E-state index contributed by atoms with van der Waals surface area (Å²) in [5.74, 6) is 1.54. The summed E-state index contributed by atoms with van der Waals surface area (Å²) in [5, 5.41) is 12.0. The van der Waals surface area contributed by atoms with Gasteiger partial charge >= 0.3 is 0 Å². The third-order valence-corrected chi connectivity index (χ3v) is 5.79. The molecule has 0 radical (unpaired) electrons. The number of ether oxygens (including phenoxy) is 1. The Balaban J connectivity index is 1.95. The molecule has 0 aromatic heterocycles. The maximum absolute atomic E-state index is 6.25. The maximum atomic E-state index is 6.25. The van der Waals surface area contributed by atoms with E-state index in [1.54, 1.807) is 0 Å². The standard InChI is InChI=1S/C20H18N2OS2/c21-24-19-15-3-1-5-17(19)23-18-6-2-4-16(20(18)25-22)12-14-9-7-13(11-15)8-10-14/h1-10H,11-12,21-22H2. The molecule has 0 saturated carbocycles. The van der Waals surface area contributed by atoms with E-state index in [0.717, 1.165) is 45.3 Å². The van der Waals surface area contributed by atoms with Crippen molar-refractivity contribution in [2.24, 2.45) is 10.3 Å². The van der Waals surface area contributed by atoms with E-state index in [1.807, 2.05) is 24.3 Å². The molecule has 3 aromatic rings. The number of fused-ring (bicyclic) bond motifs is 2. The first-order valence-corrected chi connectivity index (χ1v) is 9.77. The predicted octanol–water partition coefficient (Wildman–Crippen LogP) is 4.91. The van der Waals surface area contributed by atoms with Crippen LogP contribution in [-0.2, 0) is 12.8 Å². The number of rotatable bonds is 2. The fourth-order valence-corrected chi connectivity index (χ4v) is 4.20. The van der Waals surface area contributed by atoms with Crippen LogP contribution >= 0.6 is 23.9 Å². The Morgan fingerprint density at radius 2 is 1.08 bits per heavy atom. The molecule has 0 fully saturated rings. The van der Waals surface area contributed by atoms with Gasteiger partial charge in [-0.2, -0.15) is 0 Å². The van der Waals surface area contributed by atoms with Crippen molar-refractivity contribution in [3.05, 3.63) is 82.9 Å². The van der Waals surface area contributed by atoms with Gasteiger partial charge in [0, 0.05) is 0 Å². The lowest BCUT2D eigenvalue weighted by Gasteiger charge is -2.16. The molecule has 3 nitrogen and oxygen atoms in total. The Hall–Kier alpha value is -1.92. The summed E-state index contributed by atoms with van der Waals surface area (Å²) in [5.41, 5.74) is 4.84. The highest BCUT2D eigenvalue weighted by Crippen LogP contribution is 2.39. The van der Waals surface area contributed by atoms with Crippen LogP contribution in [0.2, 0.25) is 0 Å². The molecular formula is C20H18N2OS2. The van der Waals surface area contributed by atoms with E-state index >= 15 is 0 Å². The third kappa shape index (κ3) is 3.28. The largest absolute Gasteiger partial charge is 0.455 e. The second-order valence-corrected chi connectivity index (χ2v) is 7.28. The highest BCUT2D eigenvalue weighted by Gasteiger charge is 2.16. The molecule has 6 bridgehead atoms. The first kappa shape index (κ1) is 16.5. The molecule has 25 heavy (non-hydrogen) atoms. The molecule has 0 atom stereocenters. The van der Waals surface area contributed by atoms with E-state index in [1.165, 1.54) is 35.0 Å². The Morgan fingerprint density at radius 1 is 0.640 bits per heavy atom. The number of hydrogen-bond donors (Lipinski definition) is 2. The zero-order valence-electron chi connectivity index (χ0n) is 13.6. The average Bonchev–Trinajstić information content (AvgIpc) is 2.63. The van der Waals surface area contributed by atoms with Gasteiger partial charge in [0.05, 0.1) is 9.79 Å². The van der Waals surface area contributed by atoms with Gasteiger partial charge in [0.1, 0.15) is 11.5 Å². The molecule has 126 valence electrons. The minimum atomic E-state index is 0.771. The fraction of sp³-hybridized carbons (Fsp3) is 0.100. The summed E-state index contributed by atoms with van der Waals surface area (Å²) >= 11 is 2.46. The number of hydrogen-bond acceptors (Lipinski definition) is 5. The van der Waals surface area contributed by atoms with Crippen molar-refractivity contribution in [2.45, 2.75) is 22.6 Å². The van der Waals surface area contributed by atoms with Crippen LogP contribution in [0.4, 0.5) is 0 Å². The number of nitrogens with two attached hydrogens (primary N) is 2.